The van der Waals surface area contributed by atoms with Gasteiger partial charge in [-0.2, -0.15) is 26.3 Å². The number of benzene rings is 2. The smallest absolute Gasteiger partial charge is 0.416 e. The Morgan fingerprint density at radius 3 is 1.93 bits per heavy atom. The third-order valence-electron chi connectivity index (χ3n) is 3.92. The summed E-state index contributed by atoms with van der Waals surface area (Å²) in [5, 5.41) is 4.10. The largest absolute Gasteiger partial charge is 0.467 e. The van der Waals surface area contributed by atoms with E-state index in [1.165, 1.54) is 0 Å². The van der Waals surface area contributed by atoms with Crippen molar-refractivity contribution in [3.05, 3.63) is 65.2 Å². The van der Waals surface area contributed by atoms with Crippen LogP contribution in [-0.2, 0) is 28.3 Å². The molecule has 0 saturated carbocycles. The van der Waals surface area contributed by atoms with E-state index in [9.17, 15) is 35.9 Å². The van der Waals surface area contributed by atoms with Gasteiger partial charge in [-0.1, -0.05) is 30.3 Å². The van der Waals surface area contributed by atoms with Gasteiger partial charge in [0.1, 0.15) is 6.04 Å². The van der Waals surface area contributed by atoms with E-state index >= 15 is 0 Å². The molecule has 2 aromatic rings. The van der Waals surface area contributed by atoms with Gasteiger partial charge in [-0.15, -0.1) is 0 Å². The molecule has 11 heteroatoms. The molecule has 0 aromatic heterocycles. The van der Waals surface area contributed by atoms with Crippen molar-refractivity contribution in [2.45, 2.75) is 24.8 Å². The number of carbonyl (C=O) groups excluding carboxylic acids is 2. The van der Waals surface area contributed by atoms with E-state index in [2.05, 4.69) is 10.1 Å². The Hall–Kier alpha value is -3.24. The van der Waals surface area contributed by atoms with Gasteiger partial charge in [0.25, 0.3) is 0 Å². The van der Waals surface area contributed by atoms with Gasteiger partial charge in [0, 0.05) is 12.1 Å². The summed E-state index contributed by atoms with van der Waals surface area (Å²) in [6.45, 7) is 0. The van der Waals surface area contributed by atoms with Crippen LogP contribution in [0.2, 0.25) is 0 Å². The minimum absolute atomic E-state index is 0.00265. The predicted molar refractivity (Wildman–Crippen MR) is 94.6 cm³/mol. The zero-order valence-electron chi connectivity index (χ0n) is 15.4. The zero-order chi connectivity index (χ0) is 22.5. The molecule has 0 spiro atoms. The van der Waals surface area contributed by atoms with E-state index < -0.39 is 47.2 Å². The van der Waals surface area contributed by atoms with Crippen molar-refractivity contribution >= 4 is 17.7 Å². The van der Waals surface area contributed by atoms with Gasteiger partial charge >= 0.3 is 24.4 Å². The first-order valence-electron chi connectivity index (χ1n) is 8.39. The lowest BCUT2D eigenvalue weighted by Gasteiger charge is -2.18. The van der Waals surface area contributed by atoms with Gasteiger partial charge in [-0.25, -0.2) is 9.59 Å². The highest BCUT2D eigenvalue weighted by Crippen LogP contribution is 2.37. The molecule has 1 atom stereocenters. The minimum atomic E-state index is -5.06. The number of anilines is 1. The number of ether oxygens (including phenoxy) is 1. The highest BCUT2D eigenvalue weighted by Gasteiger charge is 2.37. The van der Waals surface area contributed by atoms with Crippen LogP contribution in [0.15, 0.2) is 48.5 Å². The lowest BCUT2D eigenvalue weighted by atomic mass is 10.1. The van der Waals surface area contributed by atoms with Crippen molar-refractivity contribution in [2.75, 3.05) is 12.4 Å². The maximum atomic E-state index is 12.9. The molecule has 162 valence electrons. The number of alkyl halides is 6. The maximum Gasteiger partial charge on any atom is 0.416 e. The summed E-state index contributed by atoms with van der Waals surface area (Å²) in [7, 11) is 1.07. The van der Waals surface area contributed by atoms with Crippen LogP contribution in [0.4, 0.5) is 36.8 Å². The lowest BCUT2D eigenvalue weighted by molar-refractivity contribution is -0.144. The number of halogens is 6. The van der Waals surface area contributed by atoms with Crippen LogP contribution >= 0.6 is 0 Å². The van der Waals surface area contributed by atoms with E-state index in [0.29, 0.717) is 17.7 Å². The first-order chi connectivity index (χ1) is 13.9. The quantitative estimate of drug-likeness (QED) is 0.533. The molecule has 2 N–H and O–H groups in total. The first-order valence-corrected chi connectivity index (χ1v) is 8.39. The molecule has 0 heterocycles. The number of carbonyl (C=O) groups is 2. The van der Waals surface area contributed by atoms with Gasteiger partial charge in [-0.05, 0) is 23.8 Å². The number of methoxy groups -OCH3 is 1. The maximum absolute atomic E-state index is 12.9. The summed E-state index contributed by atoms with van der Waals surface area (Å²) in [5.41, 5.74) is -3.26. The number of hydrogen-bond donors (Lipinski definition) is 2. The van der Waals surface area contributed by atoms with Crippen LogP contribution in [0, 0.1) is 0 Å². The predicted octanol–water partition coefficient (Wildman–Crippen LogP) is 4.63. The second-order valence-corrected chi connectivity index (χ2v) is 6.16. The molecule has 0 bridgehead atoms. The van der Waals surface area contributed by atoms with Gasteiger partial charge in [0.05, 0.1) is 18.2 Å². The SMILES string of the molecule is COC(=O)[C@H](Cc1ccccc1)NC(=O)Nc1cc(C(F)(F)F)cc(C(F)(F)F)c1. The zero-order valence-corrected chi connectivity index (χ0v) is 15.4. The first kappa shape index (κ1) is 23.0. The van der Waals surface area contributed by atoms with Gasteiger partial charge in [-0.3, -0.25) is 0 Å². The molecule has 0 fully saturated rings. The molecular weight excluding hydrogens is 418 g/mol. The van der Waals surface area contributed by atoms with Crippen LogP contribution < -0.4 is 10.6 Å². The fourth-order valence-corrected chi connectivity index (χ4v) is 2.54. The van der Waals surface area contributed by atoms with Crippen molar-refractivity contribution in [3.63, 3.8) is 0 Å². The van der Waals surface area contributed by atoms with Crippen LogP contribution in [0.5, 0.6) is 0 Å². The van der Waals surface area contributed by atoms with Crippen LogP contribution in [0.3, 0.4) is 0 Å². The molecule has 2 amide bonds. The van der Waals surface area contributed by atoms with Crippen LogP contribution in [0.1, 0.15) is 16.7 Å². The standard InChI is InChI=1S/C19H16F6N2O3/c1-30-16(28)15(7-11-5-3-2-4-6-11)27-17(29)26-14-9-12(18(20,21)22)8-13(10-14)19(23,24)25/h2-6,8-10,15H,7H2,1H3,(H2,26,27,29)/t15-/m0/s1. The minimum Gasteiger partial charge on any atom is -0.467 e. The Morgan fingerprint density at radius 2 is 1.47 bits per heavy atom. The van der Waals surface area contributed by atoms with Crippen molar-refractivity contribution in [2.24, 2.45) is 0 Å². The average Bonchev–Trinajstić information content (AvgIpc) is 2.66. The van der Waals surface area contributed by atoms with Crippen molar-refractivity contribution in [1.29, 1.82) is 0 Å². The number of esters is 1. The summed E-state index contributed by atoms with van der Waals surface area (Å²) in [4.78, 5) is 24.1. The highest BCUT2D eigenvalue weighted by atomic mass is 19.4. The van der Waals surface area contributed by atoms with Gasteiger partial charge < -0.3 is 15.4 Å². The number of rotatable bonds is 5. The Morgan fingerprint density at radius 1 is 0.933 bits per heavy atom. The van der Waals surface area contributed by atoms with E-state index in [0.717, 1.165) is 7.11 Å². The summed E-state index contributed by atoms with van der Waals surface area (Å²) in [6.07, 6.45) is -10.1. The monoisotopic (exact) mass is 434 g/mol. The number of urea groups is 1. The van der Waals surface area contributed by atoms with E-state index in [1.54, 1.807) is 30.3 Å². The molecule has 0 aliphatic heterocycles. The Balaban J connectivity index is 2.23. The lowest BCUT2D eigenvalue weighted by Crippen LogP contribution is -2.45. The van der Waals surface area contributed by atoms with Crippen molar-refractivity contribution in [1.82, 2.24) is 5.32 Å². The molecule has 5 nitrogen and oxygen atoms in total. The van der Waals surface area contributed by atoms with Gasteiger partial charge in [0.15, 0.2) is 0 Å². The number of nitrogens with one attached hydrogen (secondary N) is 2. The second-order valence-electron chi connectivity index (χ2n) is 6.16. The fraction of sp³-hybridized carbons (Fsp3) is 0.263. The van der Waals surface area contributed by atoms with E-state index in [-0.39, 0.29) is 12.5 Å². The third-order valence-corrected chi connectivity index (χ3v) is 3.92. The molecule has 0 radical (unpaired) electrons. The normalized spacial score (nSPS) is 12.8. The van der Waals surface area contributed by atoms with Crippen LogP contribution in [0.25, 0.3) is 0 Å². The molecule has 0 unspecified atom stereocenters. The molecular formula is C19H16F6N2O3. The highest BCUT2D eigenvalue weighted by molar-refractivity contribution is 5.92. The van der Waals surface area contributed by atoms with Crippen molar-refractivity contribution < 1.29 is 40.7 Å². The molecule has 0 aliphatic carbocycles. The Kier molecular flexibility index (Phi) is 6.96. The number of amides is 2. The summed E-state index contributed by atoms with van der Waals surface area (Å²) >= 11 is 0. The Labute approximate surface area is 167 Å². The summed E-state index contributed by atoms with van der Waals surface area (Å²) in [5.74, 6) is -0.839. The molecule has 2 rings (SSSR count). The second kappa shape index (κ2) is 9.06. The molecule has 0 saturated heterocycles. The molecule has 0 aliphatic rings. The molecule has 30 heavy (non-hydrogen) atoms. The fourth-order valence-electron chi connectivity index (χ4n) is 2.54. The van der Waals surface area contributed by atoms with Gasteiger partial charge in [0.2, 0.25) is 0 Å². The topological polar surface area (TPSA) is 67.4 Å². The third kappa shape index (κ3) is 6.39. The summed E-state index contributed by atoms with van der Waals surface area (Å²) < 4.78 is 82.1. The van der Waals surface area contributed by atoms with Crippen molar-refractivity contribution in [3.8, 4) is 0 Å². The van der Waals surface area contributed by atoms with Crippen LogP contribution in [-0.4, -0.2) is 25.2 Å². The average molecular weight is 434 g/mol. The molecule has 2 aromatic carbocycles. The number of hydrogen-bond acceptors (Lipinski definition) is 3. The van der Waals surface area contributed by atoms with E-state index in [1.807, 2.05) is 5.32 Å². The summed E-state index contributed by atoms with van der Waals surface area (Å²) in [6, 6.07) is 6.70. The van der Waals surface area contributed by atoms with E-state index in [4.69, 9.17) is 0 Å². The Bertz CT molecular complexity index is 865.